The van der Waals surface area contributed by atoms with E-state index in [4.69, 9.17) is 52.1 Å². The van der Waals surface area contributed by atoms with Gasteiger partial charge < -0.3 is 11.1 Å². The van der Waals surface area contributed by atoms with Crippen molar-refractivity contribution in [2.45, 2.75) is 16.7 Å². The summed E-state index contributed by atoms with van der Waals surface area (Å²) in [5, 5.41) is 2.74. The van der Waals surface area contributed by atoms with E-state index in [0.29, 0.717) is 11.1 Å². The highest BCUT2D eigenvalue weighted by atomic mass is 35.5. The van der Waals surface area contributed by atoms with Gasteiger partial charge in [0.2, 0.25) is 5.91 Å². The molecule has 0 radical (unpaired) electrons. The van der Waals surface area contributed by atoms with E-state index in [-0.39, 0.29) is 33.4 Å². The lowest BCUT2D eigenvalue weighted by Crippen LogP contribution is -2.17. The monoisotopic (exact) mass is 542 g/mol. The third-order valence-corrected chi connectivity index (χ3v) is 7.23. The zero-order chi connectivity index (χ0) is 24.8. The van der Waals surface area contributed by atoms with Gasteiger partial charge in [0.1, 0.15) is 16.0 Å². The first kappa shape index (κ1) is 24.7. The van der Waals surface area contributed by atoms with Crippen LogP contribution in [0.2, 0.25) is 10.0 Å². The van der Waals surface area contributed by atoms with E-state index < -0.39 is 39.5 Å². The number of nitrogens with two attached hydrogens (primary N) is 1. The minimum absolute atomic E-state index is 0.104. The molecule has 0 bridgehead atoms. The van der Waals surface area contributed by atoms with Gasteiger partial charge in [0.05, 0.1) is 21.7 Å². The van der Waals surface area contributed by atoms with E-state index in [1.165, 1.54) is 48.5 Å². The van der Waals surface area contributed by atoms with Gasteiger partial charge in [-0.3, -0.25) is 9.59 Å². The van der Waals surface area contributed by atoms with E-state index in [9.17, 15) is 18.4 Å². The Morgan fingerprint density at radius 2 is 1.71 bits per heavy atom. The molecule has 34 heavy (non-hydrogen) atoms. The molecule has 0 unspecified atom stereocenters. The van der Waals surface area contributed by atoms with Gasteiger partial charge in [-0.05, 0) is 47.5 Å². The number of anilines is 2. The Bertz CT molecular complexity index is 1320. The van der Waals surface area contributed by atoms with Gasteiger partial charge in [-0.15, -0.1) is 23.2 Å². The Labute approximate surface area is 213 Å². The number of alkyl halides is 2. The standard InChI is InChI=1S/C24H16Cl4F2N2O2/c25-15-6-5-13(10-14(15)19(33)9-12-2-1-3-18(30)22(12)31)32-23(34)21-20(24(21,27)28)11-4-7-17(29)16(26)8-11/h1-8,10,20-21H,9,31H2,(H,32,34)/t20-,21+/m0/s1. The fraction of sp³-hybridized carbons (Fsp3) is 0.167. The summed E-state index contributed by atoms with van der Waals surface area (Å²) in [5.74, 6) is -3.56. The molecule has 0 saturated heterocycles. The molecule has 1 amide bonds. The minimum atomic E-state index is -1.41. The summed E-state index contributed by atoms with van der Waals surface area (Å²) in [6, 6.07) is 12.6. The molecule has 1 fully saturated rings. The van der Waals surface area contributed by atoms with Crippen molar-refractivity contribution < 1.29 is 18.4 Å². The molecule has 0 spiro atoms. The summed E-state index contributed by atoms with van der Waals surface area (Å²) >= 11 is 24.7. The van der Waals surface area contributed by atoms with Crippen LogP contribution in [0.5, 0.6) is 0 Å². The first-order valence-electron chi connectivity index (χ1n) is 10.00. The lowest BCUT2D eigenvalue weighted by Gasteiger charge is -2.10. The molecule has 3 aromatic carbocycles. The lowest BCUT2D eigenvalue weighted by atomic mass is 10.0. The van der Waals surface area contributed by atoms with Crippen LogP contribution in [0.4, 0.5) is 20.2 Å². The molecule has 3 N–H and O–H groups in total. The van der Waals surface area contributed by atoms with E-state index in [2.05, 4.69) is 5.32 Å². The molecule has 4 rings (SSSR count). The number of Topliss-reactive ketones (excluding diaryl/α,β-unsaturated/α-hetero) is 1. The molecule has 10 heteroatoms. The molecule has 0 aliphatic heterocycles. The number of ketones is 1. The third kappa shape index (κ3) is 4.73. The quantitative estimate of drug-likeness (QED) is 0.204. The number of amides is 1. The number of benzene rings is 3. The first-order valence-corrected chi connectivity index (χ1v) is 11.5. The maximum absolute atomic E-state index is 13.7. The predicted octanol–water partition coefficient (Wildman–Crippen LogP) is 6.81. The molecule has 1 aliphatic carbocycles. The van der Waals surface area contributed by atoms with Gasteiger partial charge in [-0.25, -0.2) is 8.78 Å². The zero-order valence-corrected chi connectivity index (χ0v) is 20.2. The lowest BCUT2D eigenvalue weighted by molar-refractivity contribution is -0.117. The van der Waals surface area contributed by atoms with Crippen LogP contribution >= 0.6 is 46.4 Å². The number of rotatable bonds is 6. The smallest absolute Gasteiger partial charge is 0.231 e. The highest BCUT2D eigenvalue weighted by Gasteiger charge is 2.67. The first-order chi connectivity index (χ1) is 16.0. The molecule has 1 saturated carbocycles. The number of carbonyl (C=O) groups excluding carboxylic acids is 2. The molecule has 3 aromatic rings. The SMILES string of the molecule is Nc1c(F)cccc1CC(=O)c1cc(NC(=O)[C@H]2[C@H](c3ccc(F)c(Cl)c3)C2(Cl)Cl)ccc1Cl. The van der Waals surface area contributed by atoms with Crippen LogP contribution in [-0.4, -0.2) is 16.0 Å². The summed E-state index contributed by atoms with van der Waals surface area (Å²) in [5.41, 5.74) is 6.87. The van der Waals surface area contributed by atoms with Crippen LogP contribution in [0, 0.1) is 17.6 Å². The molecule has 2 atom stereocenters. The van der Waals surface area contributed by atoms with Crippen molar-refractivity contribution in [2.75, 3.05) is 11.1 Å². The van der Waals surface area contributed by atoms with Crippen molar-refractivity contribution in [3.05, 3.63) is 93.0 Å². The Kier molecular flexibility index (Phi) is 6.80. The molecule has 4 nitrogen and oxygen atoms in total. The van der Waals surface area contributed by atoms with Crippen molar-refractivity contribution >= 4 is 69.5 Å². The van der Waals surface area contributed by atoms with E-state index in [1.807, 2.05) is 0 Å². The van der Waals surface area contributed by atoms with Crippen LogP contribution in [0.25, 0.3) is 0 Å². The van der Waals surface area contributed by atoms with Gasteiger partial charge >= 0.3 is 0 Å². The maximum Gasteiger partial charge on any atom is 0.231 e. The number of nitrogens with one attached hydrogen (secondary N) is 1. The van der Waals surface area contributed by atoms with Gasteiger partial charge in [0.15, 0.2) is 5.78 Å². The summed E-state index contributed by atoms with van der Waals surface area (Å²) < 4.78 is 25.8. The highest BCUT2D eigenvalue weighted by Crippen LogP contribution is 2.65. The Balaban J connectivity index is 1.52. The molecule has 176 valence electrons. The summed E-state index contributed by atoms with van der Waals surface area (Å²) in [6.45, 7) is 0. The van der Waals surface area contributed by atoms with Crippen LogP contribution in [0.1, 0.15) is 27.4 Å². The molecule has 0 aromatic heterocycles. The normalized spacial score (nSPS) is 18.4. The topological polar surface area (TPSA) is 72.2 Å². The second-order valence-electron chi connectivity index (χ2n) is 7.90. The minimum Gasteiger partial charge on any atom is -0.396 e. The number of para-hydroxylation sites is 1. The largest absolute Gasteiger partial charge is 0.396 e. The fourth-order valence-electron chi connectivity index (χ4n) is 3.81. The average Bonchev–Trinajstić information content (AvgIpc) is 3.36. The number of hydrogen-bond acceptors (Lipinski definition) is 3. The van der Waals surface area contributed by atoms with E-state index in [0.717, 1.165) is 0 Å². The molecular weight excluding hydrogens is 528 g/mol. The van der Waals surface area contributed by atoms with Gasteiger partial charge in [-0.2, -0.15) is 0 Å². The maximum atomic E-state index is 13.7. The van der Waals surface area contributed by atoms with E-state index >= 15 is 0 Å². The van der Waals surface area contributed by atoms with Gasteiger partial charge in [0, 0.05) is 23.6 Å². The van der Waals surface area contributed by atoms with Crippen LogP contribution in [0.15, 0.2) is 54.6 Å². The van der Waals surface area contributed by atoms with Gasteiger partial charge in [0.25, 0.3) is 0 Å². The highest BCUT2D eigenvalue weighted by molar-refractivity contribution is 6.53. The van der Waals surface area contributed by atoms with Crippen molar-refractivity contribution in [3.8, 4) is 0 Å². The van der Waals surface area contributed by atoms with E-state index in [1.54, 1.807) is 6.07 Å². The average molecular weight is 544 g/mol. The fourth-order valence-corrected chi connectivity index (χ4v) is 5.05. The van der Waals surface area contributed by atoms with Crippen molar-refractivity contribution in [2.24, 2.45) is 5.92 Å². The van der Waals surface area contributed by atoms with Gasteiger partial charge in [-0.1, -0.05) is 41.4 Å². The molecule has 0 heterocycles. The number of hydrogen-bond donors (Lipinski definition) is 2. The Morgan fingerprint density at radius 3 is 2.41 bits per heavy atom. The predicted molar refractivity (Wildman–Crippen MR) is 131 cm³/mol. The third-order valence-electron chi connectivity index (χ3n) is 5.67. The molecular formula is C24H16Cl4F2N2O2. The second-order valence-corrected chi connectivity index (χ2v) is 10.2. The zero-order valence-electron chi connectivity index (χ0n) is 17.2. The Morgan fingerprint density at radius 1 is 0.971 bits per heavy atom. The Hall–Kier alpha value is -2.38. The van der Waals surface area contributed by atoms with Crippen molar-refractivity contribution in [3.63, 3.8) is 0 Å². The van der Waals surface area contributed by atoms with Crippen LogP contribution in [0.3, 0.4) is 0 Å². The number of carbonyl (C=O) groups is 2. The summed E-state index contributed by atoms with van der Waals surface area (Å²) in [6.07, 6.45) is -0.177. The van der Waals surface area contributed by atoms with Crippen LogP contribution < -0.4 is 11.1 Å². The second kappa shape index (κ2) is 9.34. The number of halogens is 6. The summed E-state index contributed by atoms with van der Waals surface area (Å²) in [4.78, 5) is 25.7. The molecule has 1 aliphatic rings. The summed E-state index contributed by atoms with van der Waals surface area (Å²) in [7, 11) is 0. The van der Waals surface area contributed by atoms with Crippen LogP contribution in [-0.2, 0) is 11.2 Å². The van der Waals surface area contributed by atoms with Crippen molar-refractivity contribution in [1.29, 1.82) is 0 Å². The van der Waals surface area contributed by atoms with Crippen molar-refractivity contribution in [1.82, 2.24) is 0 Å². The number of nitrogen functional groups attached to an aromatic ring is 1.